The number of fused-ring (bicyclic) bond motifs is 1. The van der Waals surface area contributed by atoms with Gasteiger partial charge >= 0.3 is 0 Å². The van der Waals surface area contributed by atoms with Crippen LogP contribution in [-0.2, 0) is 0 Å². The molecule has 0 N–H and O–H groups in total. The molecule has 1 amide bonds. The maximum absolute atomic E-state index is 12.5. The molecule has 2 aromatic rings. The third kappa shape index (κ3) is 2.19. The summed E-state index contributed by atoms with van der Waals surface area (Å²) in [6.07, 6.45) is 5.27. The van der Waals surface area contributed by atoms with Crippen molar-refractivity contribution < 1.29 is 4.79 Å². The normalized spacial score (nSPS) is 20.9. The van der Waals surface area contributed by atoms with Gasteiger partial charge in [-0.3, -0.25) is 9.20 Å². The fraction of sp³-hybridized carbons (Fsp3) is 0.462. The van der Waals surface area contributed by atoms with Crippen LogP contribution in [0.3, 0.4) is 0 Å². The first-order valence-corrected chi connectivity index (χ1v) is 6.44. The van der Waals surface area contributed by atoms with Crippen LogP contribution < -0.4 is 0 Å². The minimum absolute atomic E-state index is 0.00824. The van der Waals surface area contributed by atoms with Gasteiger partial charge in [-0.1, -0.05) is 0 Å². The first kappa shape index (κ1) is 12.1. The van der Waals surface area contributed by atoms with Gasteiger partial charge in [0.15, 0.2) is 0 Å². The molecular formula is C13H17N5O. The third-order valence-electron chi connectivity index (χ3n) is 3.55. The van der Waals surface area contributed by atoms with Crippen molar-refractivity contribution in [1.29, 1.82) is 0 Å². The van der Waals surface area contributed by atoms with E-state index in [2.05, 4.69) is 28.8 Å². The molecule has 0 spiro atoms. The van der Waals surface area contributed by atoms with E-state index in [1.54, 1.807) is 16.8 Å². The van der Waals surface area contributed by atoms with Crippen LogP contribution >= 0.6 is 0 Å². The number of aromatic nitrogens is 3. The van der Waals surface area contributed by atoms with E-state index >= 15 is 0 Å². The molecule has 19 heavy (non-hydrogen) atoms. The van der Waals surface area contributed by atoms with E-state index < -0.39 is 0 Å². The van der Waals surface area contributed by atoms with Crippen molar-refractivity contribution in [2.75, 3.05) is 26.7 Å². The summed E-state index contributed by atoms with van der Waals surface area (Å²) < 4.78 is 1.77. The molecule has 1 saturated heterocycles. The number of rotatable bonds is 1. The fourth-order valence-corrected chi connectivity index (χ4v) is 2.52. The highest BCUT2D eigenvalue weighted by Gasteiger charge is 2.27. The molecule has 0 aromatic carbocycles. The van der Waals surface area contributed by atoms with Crippen LogP contribution in [0.25, 0.3) is 5.78 Å². The molecule has 1 aliphatic heterocycles. The topological polar surface area (TPSA) is 53.7 Å². The van der Waals surface area contributed by atoms with E-state index in [-0.39, 0.29) is 11.9 Å². The third-order valence-corrected chi connectivity index (χ3v) is 3.55. The maximum Gasteiger partial charge on any atom is 0.274 e. The summed E-state index contributed by atoms with van der Waals surface area (Å²) in [5.41, 5.74) is 0.468. The van der Waals surface area contributed by atoms with Crippen LogP contribution in [0.2, 0.25) is 0 Å². The molecule has 0 aliphatic carbocycles. The second-order valence-corrected chi connectivity index (χ2v) is 5.06. The quantitative estimate of drug-likeness (QED) is 0.748. The van der Waals surface area contributed by atoms with Crippen molar-refractivity contribution >= 4 is 11.7 Å². The Labute approximate surface area is 111 Å². The zero-order valence-corrected chi connectivity index (χ0v) is 11.2. The number of amides is 1. The monoisotopic (exact) mass is 259 g/mol. The van der Waals surface area contributed by atoms with Gasteiger partial charge in [-0.15, -0.1) is 0 Å². The van der Waals surface area contributed by atoms with E-state index in [0.29, 0.717) is 11.5 Å². The summed E-state index contributed by atoms with van der Waals surface area (Å²) >= 11 is 0. The van der Waals surface area contributed by atoms with Crippen LogP contribution in [0.1, 0.15) is 17.4 Å². The molecule has 2 aromatic heterocycles. The number of hydrogen-bond donors (Lipinski definition) is 0. The molecule has 6 heteroatoms. The number of carbonyl (C=O) groups is 1. The lowest BCUT2D eigenvalue weighted by atomic mass is 10.2. The van der Waals surface area contributed by atoms with E-state index in [1.165, 1.54) is 0 Å². The zero-order valence-electron chi connectivity index (χ0n) is 11.2. The number of piperazine rings is 1. The Hall–Kier alpha value is -1.95. The first-order chi connectivity index (χ1) is 9.15. The van der Waals surface area contributed by atoms with Crippen molar-refractivity contribution in [2.45, 2.75) is 13.0 Å². The van der Waals surface area contributed by atoms with Gasteiger partial charge in [0.25, 0.3) is 5.91 Å². The SMILES string of the molecule is CC1CN(C)CCN1C(=O)c1cn2cccnc2n1. The highest BCUT2D eigenvalue weighted by Crippen LogP contribution is 2.13. The Morgan fingerprint density at radius 1 is 1.42 bits per heavy atom. The van der Waals surface area contributed by atoms with E-state index in [4.69, 9.17) is 0 Å². The minimum Gasteiger partial charge on any atom is -0.332 e. The molecule has 1 aliphatic rings. The Kier molecular flexibility index (Phi) is 2.94. The Morgan fingerprint density at radius 3 is 3.00 bits per heavy atom. The van der Waals surface area contributed by atoms with Crippen LogP contribution in [0, 0.1) is 0 Å². The lowest BCUT2D eigenvalue weighted by molar-refractivity contribution is 0.0528. The van der Waals surface area contributed by atoms with Gasteiger partial charge < -0.3 is 9.80 Å². The van der Waals surface area contributed by atoms with Gasteiger partial charge in [-0.05, 0) is 20.0 Å². The molecule has 3 heterocycles. The summed E-state index contributed by atoms with van der Waals surface area (Å²) in [6.45, 7) is 4.62. The van der Waals surface area contributed by atoms with Gasteiger partial charge in [0.05, 0.1) is 0 Å². The Morgan fingerprint density at radius 2 is 2.26 bits per heavy atom. The van der Waals surface area contributed by atoms with Gasteiger partial charge in [-0.25, -0.2) is 9.97 Å². The molecule has 0 bridgehead atoms. The van der Waals surface area contributed by atoms with E-state index in [0.717, 1.165) is 19.6 Å². The number of nitrogens with zero attached hydrogens (tertiary/aromatic N) is 5. The highest BCUT2D eigenvalue weighted by atomic mass is 16.2. The van der Waals surface area contributed by atoms with Crippen LogP contribution in [0.4, 0.5) is 0 Å². The lowest BCUT2D eigenvalue weighted by Gasteiger charge is -2.37. The van der Waals surface area contributed by atoms with Gasteiger partial charge in [0, 0.05) is 44.3 Å². The van der Waals surface area contributed by atoms with Crippen molar-refractivity contribution in [1.82, 2.24) is 24.2 Å². The molecule has 1 fully saturated rings. The molecule has 3 rings (SSSR count). The largest absolute Gasteiger partial charge is 0.332 e. The summed E-state index contributed by atoms with van der Waals surface area (Å²) in [6, 6.07) is 2.03. The van der Waals surface area contributed by atoms with Gasteiger partial charge in [0.2, 0.25) is 5.78 Å². The fourth-order valence-electron chi connectivity index (χ4n) is 2.52. The predicted octanol–water partition coefficient (Wildman–Crippen LogP) is 0.505. The molecular weight excluding hydrogens is 242 g/mol. The minimum atomic E-state index is -0.00824. The van der Waals surface area contributed by atoms with Crippen LogP contribution in [0.5, 0.6) is 0 Å². The smallest absolute Gasteiger partial charge is 0.274 e. The number of likely N-dealkylation sites (N-methyl/N-ethyl adjacent to an activating group) is 1. The van der Waals surface area contributed by atoms with E-state index in [9.17, 15) is 4.79 Å². The number of carbonyl (C=O) groups excluding carboxylic acids is 1. The second kappa shape index (κ2) is 4.62. The van der Waals surface area contributed by atoms with Gasteiger partial charge in [-0.2, -0.15) is 0 Å². The Balaban J connectivity index is 1.87. The predicted molar refractivity (Wildman–Crippen MR) is 71.0 cm³/mol. The summed E-state index contributed by atoms with van der Waals surface area (Å²) in [7, 11) is 2.08. The van der Waals surface area contributed by atoms with Crippen molar-refractivity contribution in [2.24, 2.45) is 0 Å². The van der Waals surface area contributed by atoms with Crippen molar-refractivity contribution in [3.8, 4) is 0 Å². The molecule has 1 unspecified atom stereocenters. The summed E-state index contributed by atoms with van der Waals surface area (Å²) in [5.74, 6) is 0.554. The molecule has 1 atom stereocenters. The average molecular weight is 259 g/mol. The number of hydrogen-bond acceptors (Lipinski definition) is 4. The maximum atomic E-state index is 12.5. The summed E-state index contributed by atoms with van der Waals surface area (Å²) in [4.78, 5) is 25.0. The second-order valence-electron chi connectivity index (χ2n) is 5.06. The highest BCUT2D eigenvalue weighted by molar-refractivity contribution is 5.93. The molecule has 0 radical (unpaired) electrons. The average Bonchev–Trinajstić information content (AvgIpc) is 2.81. The molecule has 6 nitrogen and oxygen atoms in total. The number of imidazole rings is 1. The standard InChI is InChI=1S/C13H17N5O/c1-10-8-16(2)6-7-18(10)12(19)11-9-17-5-3-4-14-13(17)15-11/h3-5,9-10H,6-8H2,1-2H3. The van der Waals surface area contributed by atoms with Crippen LogP contribution in [0.15, 0.2) is 24.7 Å². The van der Waals surface area contributed by atoms with Crippen molar-refractivity contribution in [3.63, 3.8) is 0 Å². The summed E-state index contributed by atoms with van der Waals surface area (Å²) in [5, 5.41) is 0. The molecule has 100 valence electrons. The van der Waals surface area contributed by atoms with Gasteiger partial charge in [0.1, 0.15) is 5.69 Å². The van der Waals surface area contributed by atoms with Crippen LogP contribution in [-0.4, -0.2) is 62.8 Å². The van der Waals surface area contributed by atoms with E-state index in [1.807, 2.05) is 17.2 Å². The lowest BCUT2D eigenvalue weighted by Crippen LogP contribution is -2.52. The van der Waals surface area contributed by atoms with Crippen molar-refractivity contribution in [3.05, 3.63) is 30.4 Å². The zero-order chi connectivity index (χ0) is 13.4. The first-order valence-electron chi connectivity index (χ1n) is 6.44. The molecule has 0 saturated carbocycles. The Bertz CT molecular complexity index is 575.